The molecule has 1 aliphatic carbocycles. The number of hydrogen-bond acceptors (Lipinski definition) is 4. The van der Waals surface area contributed by atoms with Crippen LogP contribution in [-0.2, 0) is 8.92 Å². The molecule has 2 rings (SSSR count). The Morgan fingerprint density at radius 2 is 1.94 bits per heavy atom. The molecule has 4 nitrogen and oxygen atoms in total. The fraction of sp³-hybridized carbons (Fsp3) is 0.917. The van der Waals surface area contributed by atoms with Gasteiger partial charge in [0.2, 0.25) is 0 Å². The zero-order chi connectivity index (χ0) is 12.7. The van der Waals surface area contributed by atoms with E-state index in [1.165, 1.54) is 12.0 Å². The fourth-order valence-electron chi connectivity index (χ4n) is 2.59. The second-order valence-corrected chi connectivity index (χ2v) is 6.66. The number of carbonyl (C=O) groups is 1. The minimum absolute atomic E-state index is 0.183. The number of ether oxygens (including phenoxy) is 1. The highest BCUT2D eigenvalue weighted by molar-refractivity contribution is 7.93. The van der Waals surface area contributed by atoms with Crippen molar-refractivity contribution in [2.24, 2.45) is 5.41 Å². The summed E-state index contributed by atoms with van der Waals surface area (Å²) >= 11 is 1.43. The Morgan fingerprint density at radius 3 is 2.41 bits per heavy atom. The third kappa shape index (κ3) is 2.88. The summed E-state index contributed by atoms with van der Waals surface area (Å²) in [5, 5.41) is 0. The van der Waals surface area contributed by atoms with Crippen LogP contribution in [0, 0.1) is 5.41 Å². The first-order valence-electron chi connectivity index (χ1n) is 6.01. The van der Waals surface area contributed by atoms with Crippen LogP contribution in [0.3, 0.4) is 0 Å². The predicted molar refractivity (Wildman–Crippen MR) is 67.9 cm³/mol. The molecule has 2 fully saturated rings. The Balaban J connectivity index is 1.71. The highest BCUT2D eigenvalue weighted by Gasteiger charge is 2.55. The lowest BCUT2D eigenvalue weighted by molar-refractivity contribution is -0.112. The van der Waals surface area contributed by atoms with Crippen molar-refractivity contribution in [3.8, 4) is 0 Å². The van der Waals surface area contributed by atoms with Crippen molar-refractivity contribution in [2.75, 3.05) is 19.3 Å². The summed E-state index contributed by atoms with van der Waals surface area (Å²) in [5.41, 5.74) is -0.0682. The van der Waals surface area contributed by atoms with Crippen LogP contribution < -0.4 is 0 Å². The van der Waals surface area contributed by atoms with Gasteiger partial charge in [-0.25, -0.2) is 4.79 Å². The Kier molecular flexibility index (Phi) is 3.34. The number of rotatable bonds is 2. The number of hydrogen-bond donors (Lipinski definition) is 0. The molecule has 2 aliphatic rings. The van der Waals surface area contributed by atoms with Crippen LogP contribution in [0.25, 0.3) is 0 Å². The van der Waals surface area contributed by atoms with E-state index in [1.807, 2.05) is 27.0 Å². The van der Waals surface area contributed by atoms with Crippen LogP contribution in [0.5, 0.6) is 0 Å². The van der Waals surface area contributed by atoms with E-state index in [0.717, 1.165) is 25.9 Å². The van der Waals surface area contributed by atoms with Gasteiger partial charge in [0.1, 0.15) is 5.60 Å². The van der Waals surface area contributed by atoms with E-state index in [-0.39, 0.29) is 6.09 Å². The summed E-state index contributed by atoms with van der Waals surface area (Å²) < 4.78 is 10.8. The predicted octanol–water partition coefficient (Wildman–Crippen LogP) is 2.68. The van der Waals surface area contributed by atoms with Crippen LogP contribution in [0.15, 0.2) is 0 Å². The highest BCUT2D eigenvalue weighted by Crippen LogP contribution is 2.50. The molecule has 0 aromatic carbocycles. The molecule has 17 heavy (non-hydrogen) atoms. The van der Waals surface area contributed by atoms with Gasteiger partial charge >= 0.3 is 6.09 Å². The van der Waals surface area contributed by atoms with Crippen LogP contribution >= 0.6 is 12.0 Å². The van der Waals surface area contributed by atoms with Gasteiger partial charge in [-0.15, -0.1) is 0 Å². The molecule has 1 saturated carbocycles. The van der Waals surface area contributed by atoms with Gasteiger partial charge in [-0.1, -0.05) is 0 Å². The van der Waals surface area contributed by atoms with Crippen molar-refractivity contribution in [1.82, 2.24) is 4.90 Å². The molecular formula is C12H21NO3S. The monoisotopic (exact) mass is 259 g/mol. The van der Waals surface area contributed by atoms with Crippen molar-refractivity contribution in [2.45, 2.75) is 45.3 Å². The quantitative estimate of drug-likeness (QED) is 0.715. The zero-order valence-corrected chi connectivity index (χ0v) is 11.8. The molecule has 1 saturated heterocycles. The molecular weight excluding hydrogens is 238 g/mol. The number of amides is 1. The van der Waals surface area contributed by atoms with Gasteiger partial charge in [-0.2, -0.15) is 0 Å². The number of carbonyl (C=O) groups excluding carboxylic acids is 1. The van der Waals surface area contributed by atoms with Gasteiger partial charge in [-0.05, 0) is 45.7 Å². The maximum absolute atomic E-state index is 11.7. The van der Waals surface area contributed by atoms with Crippen molar-refractivity contribution >= 4 is 18.1 Å². The lowest BCUT2D eigenvalue weighted by Crippen LogP contribution is -2.65. The SMILES string of the molecule is CSOC1CC2(C1)CN(C(=O)OC(C)(C)C)C2. The van der Waals surface area contributed by atoms with Crippen LogP contribution in [0.4, 0.5) is 4.79 Å². The van der Waals surface area contributed by atoms with Crippen molar-refractivity contribution in [3.63, 3.8) is 0 Å². The summed E-state index contributed by atoms with van der Waals surface area (Å²) in [6, 6.07) is 0. The van der Waals surface area contributed by atoms with Gasteiger partial charge in [0.15, 0.2) is 0 Å². The van der Waals surface area contributed by atoms with Crippen LogP contribution in [0.1, 0.15) is 33.6 Å². The maximum atomic E-state index is 11.7. The molecule has 1 heterocycles. The van der Waals surface area contributed by atoms with E-state index in [2.05, 4.69) is 0 Å². The number of likely N-dealkylation sites (tertiary alicyclic amines) is 1. The summed E-state index contributed by atoms with van der Waals surface area (Å²) in [5.74, 6) is 0. The van der Waals surface area contributed by atoms with Crippen LogP contribution in [-0.4, -0.2) is 42.0 Å². The van der Waals surface area contributed by atoms with Crippen LogP contribution in [0.2, 0.25) is 0 Å². The van der Waals surface area contributed by atoms with E-state index in [0.29, 0.717) is 11.5 Å². The van der Waals surface area contributed by atoms with E-state index in [9.17, 15) is 4.79 Å². The molecule has 0 bridgehead atoms. The Hall–Kier alpha value is -0.420. The average molecular weight is 259 g/mol. The van der Waals surface area contributed by atoms with Gasteiger partial charge in [0, 0.05) is 24.8 Å². The van der Waals surface area contributed by atoms with Gasteiger partial charge < -0.3 is 13.8 Å². The van der Waals surface area contributed by atoms with Gasteiger partial charge in [-0.3, -0.25) is 0 Å². The summed E-state index contributed by atoms with van der Waals surface area (Å²) in [4.78, 5) is 13.5. The first-order valence-corrected chi connectivity index (χ1v) is 7.16. The highest BCUT2D eigenvalue weighted by atomic mass is 32.2. The third-order valence-corrected chi connectivity index (χ3v) is 3.72. The number of nitrogens with zero attached hydrogens (tertiary/aromatic N) is 1. The smallest absolute Gasteiger partial charge is 0.410 e. The summed E-state index contributed by atoms with van der Waals surface area (Å²) in [6.45, 7) is 7.34. The topological polar surface area (TPSA) is 38.8 Å². The lowest BCUT2D eigenvalue weighted by Gasteiger charge is -2.57. The van der Waals surface area contributed by atoms with Gasteiger partial charge in [0.25, 0.3) is 0 Å². The first-order chi connectivity index (χ1) is 7.84. The van der Waals surface area contributed by atoms with E-state index in [1.54, 1.807) is 4.90 Å². The molecule has 0 atom stereocenters. The normalized spacial score (nSPS) is 23.2. The zero-order valence-electron chi connectivity index (χ0n) is 11.0. The van der Waals surface area contributed by atoms with Crippen molar-refractivity contribution < 1.29 is 13.7 Å². The van der Waals surface area contributed by atoms with E-state index < -0.39 is 5.60 Å². The molecule has 5 heteroatoms. The molecule has 1 spiro atoms. The molecule has 0 N–H and O–H groups in total. The minimum atomic E-state index is -0.399. The Labute approximate surface area is 107 Å². The van der Waals surface area contributed by atoms with E-state index in [4.69, 9.17) is 8.92 Å². The van der Waals surface area contributed by atoms with Crippen molar-refractivity contribution in [3.05, 3.63) is 0 Å². The average Bonchev–Trinajstić information content (AvgIpc) is 2.03. The second kappa shape index (κ2) is 4.35. The van der Waals surface area contributed by atoms with Crippen molar-refractivity contribution in [1.29, 1.82) is 0 Å². The maximum Gasteiger partial charge on any atom is 0.410 e. The Morgan fingerprint density at radius 1 is 1.35 bits per heavy atom. The molecule has 0 unspecified atom stereocenters. The molecule has 0 aromatic heterocycles. The first kappa shape index (κ1) is 13.0. The summed E-state index contributed by atoms with van der Waals surface area (Å²) in [7, 11) is 0. The molecule has 1 aliphatic heterocycles. The fourth-order valence-corrected chi connectivity index (χ4v) is 3.00. The minimum Gasteiger partial charge on any atom is -0.444 e. The van der Waals surface area contributed by atoms with Gasteiger partial charge in [0.05, 0.1) is 6.10 Å². The molecule has 98 valence electrons. The third-order valence-electron chi connectivity index (χ3n) is 3.26. The molecule has 0 aromatic rings. The molecule has 1 amide bonds. The standard InChI is InChI=1S/C12H21NO3S/c1-11(2,3)15-10(14)13-7-12(8-13)5-9(6-12)16-17-4/h9H,5-8H2,1-4H3. The molecule has 0 radical (unpaired) electrons. The second-order valence-electron chi connectivity index (χ2n) is 6.13. The summed E-state index contributed by atoms with van der Waals surface area (Å²) in [6.07, 6.45) is 4.29. The largest absolute Gasteiger partial charge is 0.444 e. The lowest BCUT2D eigenvalue weighted by atomic mass is 9.62. The van der Waals surface area contributed by atoms with E-state index >= 15 is 0 Å². The Bertz CT molecular complexity index is 299.